The van der Waals surface area contributed by atoms with Crippen molar-refractivity contribution < 1.29 is 19.4 Å². The molecule has 0 aliphatic heterocycles. The Morgan fingerprint density at radius 3 is 2.33 bits per heavy atom. The minimum absolute atomic E-state index is 0.0559. The second-order valence-corrected chi connectivity index (χ2v) is 5.46. The fourth-order valence-electron chi connectivity index (χ4n) is 2.24. The van der Waals surface area contributed by atoms with E-state index in [-0.39, 0.29) is 12.0 Å². The second kappa shape index (κ2) is 8.52. The van der Waals surface area contributed by atoms with Gasteiger partial charge in [0.1, 0.15) is 5.75 Å². The highest BCUT2D eigenvalue weighted by Crippen LogP contribution is 2.25. The van der Waals surface area contributed by atoms with Crippen molar-refractivity contribution >= 4 is 23.0 Å². The molecule has 0 spiro atoms. The molecule has 0 atom stereocenters. The Balaban J connectivity index is 2.10. The Labute approximate surface area is 153 Å². The molecule has 1 N–H and O–H groups in total. The van der Waals surface area contributed by atoms with Crippen LogP contribution in [-0.4, -0.2) is 28.6 Å². The molecule has 0 saturated heterocycles. The van der Waals surface area contributed by atoms with Crippen molar-refractivity contribution in [1.82, 2.24) is 5.43 Å². The number of nitrogens with one attached hydrogen (secondary N) is 1. The number of hydrogen-bond donors (Lipinski definition) is 1. The molecular formula is C17H16N4O6. The summed E-state index contributed by atoms with van der Waals surface area (Å²) in [6.07, 6.45) is -0.340. The molecule has 0 fully saturated rings. The first-order chi connectivity index (χ1) is 12.8. The van der Waals surface area contributed by atoms with Gasteiger partial charge in [-0.3, -0.25) is 25.0 Å². The van der Waals surface area contributed by atoms with Crippen LogP contribution in [0.1, 0.15) is 18.1 Å². The molecule has 0 heterocycles. The Bertz CT molecular complexity index is 908. The summed E-state index contributed by atoms with van der Waals surface area (Å²) in [6, 6.07) is 10.2. The molecule has 0 bridgehead atoms. The number of benzene rings is 2. The van der Waals surface area contributed by atoms with Gasteiger partial charge >= 0.3 is 0 Å². The SMILES string of the molecule is COc1ccc(/C(C)=N\NC(=O)Cc2ccc([N+](=O)[O-])cc2[N+](=O)[O-])cc1. The first-order valence-electron chi connectivity index (χ1n) is 7.71. The highest BCUT2D eigenvalue weighted by atomic mass is 16.6. The maximum atomic E-state index is 12.0. The number of methoxy groups -OCH3 is 1. The number of amides is 1. The quantitative estimate of drug-likeness (QED) is 0.450. The molecular weight excluding hydrogens is 356 g/mol. The first-order valence-corrected chi connectivity index (χ1v) is 7.71. The average Bonchev–Trinajstić information content (AvgIpc) is 2.66. The number of ether oxygens (including phenoxy) is 1. The van der Waals surface area contributed by atoms with Crippen LogP contribution in [0.4, 0.5) is 11.4 Å². The van der Waals surface area contributed by atoms with Gasteiger partial charge in [0, 0.05) is 11.6 Å². The van der Waals surface area contributed by atoms with Crippen LogP contribution in [0.3, 0.4) is 0 Å². The van der Waals surface area contributed by atoms with Gasteiger partial charge in [0.25, 0.3) is 11.4 Å². The van der Waals surface area contributed by atoms with Crippen LogP contribution in [0, 0.1) is 20.2 Å². The van der Waals surface area contributed by atoms with Gasteiger partial charge in [0.15, 0.2) is 0 Å². The van der Waals surface area contributed by atoms with Crippen LogP contribution in [0.5, 0.6) is 5.75 Å². The van der Waals surface area contributed by atoms with Crippen LogP contribution in [0.15, 0.2) is 47.6 Å². The molecule has 0 radical (unpaired) electrons. The van der Waals surface area contributed by atoms with E-state index in [4.69, 9.17) is 4.74 Å². The summed E-state index contributed by atoms with van der Waals surface area (Å²) < 4.78 is 5.06. The predicted molar refractivity (Wildman–Crippen MR) is 96.8 cm³/mol. The lowest BCUT2D eigenvalue weighted by molar-refractivity contribution is -0.394. The van der Waals surface area contributed by atoms with Crippen molar-refractivity contribution in [1.29, 1.82) is 0 Å². The maximum Gasteiger partial charge on any atom is 0.279 e. The minimum atomic E-state index is -0.762. The van der Waals surface area contributed by atoms with E-state index in [1.54, 1.807) is 38.3 Å². The van der Waals surface area contributed by atoms with Crippen molar-refractivity contribution in [2.75, 3.05) is 7.11 Å². The van der Waals surface area contributed by atoms with Gasteiger partial charge in [-0.2, -0.15) is 5.10 Å². The van der Waals surface area contributed by atoms with Crippen LogP contribution in [-0.2, 0) is 11.2 Å². The average molecular weight is 372 g/mol. The van der Waals surface area contributed by atoms with Gasteiger partial charge in [0.05, 0.1) is 35.2 Å². The molecule has 140 valence electrons. The number of carbonyl (C=O) groups is 1. The molecule has 10 heteroatoms. The van der Waals surface area contributed by atoms with Crippen LogP contribution in [0.2, 0.25) is 0 Å². The highest BCUT2D eigenvalue weighted by Gasteiger charge is 2.21. The zero-order valence-corrected chi connectivity index (χ0v) is 14.5. The summed E-state index contributed by atoms with van der Waals surface area (Å²) in [5, 5.41) is 25.8. The number of non-ortho nitro benzene ring substituents is 1. The van der Waals surface area contributed by atoms with Crippen LogP contribution >= 0.6 is 0 Å². The summed E-state index contributed by atoms with van der Waals surface area (Å²) >= 11 is 0. The summed E-state index contributed by atoms with van der Waals surface area (Å²) in [7, 11) is 1.55. The van der Waals surface area contributed by atoms with E-state index in [1.165, 1.54) is 6.07 Å². The standard InChI is InChI=1S/C17H16N4O6/c1-11(12-4-7-15(27-2)8-5-12)18-19-17(22)9-13-3-6-14(20(23)24)10-16(13)21(25)26/h3-8,10H,9H2,1-2H3,(H,19,22)/b18-11-. The summed E-state index contributed by atoms with van der Waals surface area (Å²) in [5.41, 5.74) is 2.76. The lowest BCUT2D eigenvalue weighted by atomic mass is 10.1. The summed E-state index contributed by atoms with van der Waals surface area (Å²) in [6.45, 7) is 1.69. The fraction of sp³-hybridized carbons (Fsp3) is 0.176. The second-order valence-electron chi connectivity index (χ2n) is 5.46. The molecule has 2 aromatic carbocycles. The topological polar surface area (TPSA) is 137 Å². The van der Waals surface area contributed by atoms with Gasteiger partial charge in [-0.05, 0) is 42.8 Å². The maximum absolute atomic E-state index is 12.0. The molecule has 2 rings (SSSR count). The Hall–Kier alpha value is -3.82. The van der Waals surface area contributed by atoms with E-state index < -0.39 is 27.1 Å². The third-order valence-electron chi connectivity index (χ3n) is 3.68. The molecule has 0 aliphatic rings. The van der Waals surface area contributed by atoms with Crippen LogP contribution in [0.25, 0.3) is 0 Å². The summed E-state index contributed by atoms with van der Waals surface area (Å²) in [5.74, 6) is 0.0980. The van der Waals surface area contributed by atoms with E-state index in [0.29, 0.717) is 11.5 Å². The van der Waals surface area contributed by atoms with Crippen molar-refractivity contribution in [3.8, 4) is 5.75 Å². The minimum Gasteiger partial charge on any atom is -0.497 e. The van der Waals surface area contributed by atoms with Gasteiger partial charge in [-0.15, -0.1) is 0 Å². The smallest absolute Gasteiger partial charge is 0.279 e. The monoisotopic (exact) mass is 372 g/mol. The molecule has 0 aliphatic carbocycles. The zero-order chi connectivity index (χ0) is 20.0. The fourth-order valence-corrected chi connectivity index (χ4v) is 2.24. The van der Waals surface area contributed by atoms with E-state index in [1.807, 2.05) is 0 Å². The van der Waals surface area contributed by atoms with Crippen LogP contribution < -0.4 is 10.2 Å². The van der Waals surface area contributed by atoms with Crippen molar-refractivity contribution in [3.63, 3.8) is 0 Å². The van der Waals surface area contributed by atoms with Crippen molar-refractivity contribution in [3.05, 3.63) is 73.8 Å². The largest absolute Gasteiger partial charge is 0.497 e. The van der Waals surface area contributed by atoms with Gasteiger partial charge < -0.3 is 4.74 Å². The number of hydrazone groups is 1. The van der Waals surface area contributed by atoms with Crippen molar-refractivity contribution in [2.24, 2.45) is 5.10 Å². The lowest BCUT2D eigenvalue weighted by Crippen LogP contribution is -2.21. The molecule has 0 saturated carbocycles. The van der Waals surface area contributed by atoms with E-state index in [9.17, 15) is 25.0 Å². The third kappa shape index (κ3) is 5.08. The Morgan fingerprint density at radius 1 is 1.11 bits per heavy atom. The molecule has 0 aromatic heterocycles. The predicted octanol–water partition coefficient (Wildman–Crippen LogP) is 2.59. The van der Waals surface area contributed by atoms with E-state index >= 15 is 0 Å². The van der Waals surface area contributed by atoms with E-state index in [0.717, 1.165) is 17.7 Å². The highest BCUT2D eigenvalue weighted by molar-refractivity contribution is 5.99. The van der Waals surface area contributed by atoms with Gasteiger partial charge in [-0.25, -0.2) is 5.43 Å². The lowest BCUT2D eigenvalue weighted by Gasteiger charge is -2.05. The number of nitrogens with zero attached hydrogens (tertiary/aromatic N) is 3. The van der Waals surface area contributed by atoms with Crippen molar-refractivity contribution in [2.45, 2.75) is 13.3 Å². The number of carbonyl (C=O) groups excluding carboxylic acids is 1. The first kappa shape index (κ1) is 19.5. The van der Waals surface area contributed by atoms with Gasteiger partial charge in [-0.1, -0.05) is 0 Å². The zero-order valence-electron chi connectivity index (χ0n) is 14.5. The Kier molecular flexibility index (Phi) is 6.15. The molecule has 10 nitrogen and oxygen atoms in total. The van der Waals surface area contributed by atoms with E-state index in [2.05, 4.69) is 10.5 Å². The molecule has 1 amide bonds. The number of rotatable bonds is 7. The van der Waals surface area contributed by atoms with Gasteiger partial charge in [0.2, 0.25) is 5.91 Å². The molecule has 2 aromatic rings. The third-order valence-corrected chi connectivity index (χ3v) is 3.68. The Morgan fingerprint density at radius 2 is 1.78 bits per heavy atom. The normalized spacial score (nSPS) is 11.0. The number of nitro groups is 2. The molecule has 0 unspecified atom stereocenters. The number of nitro benzene ring substituents is 2. The number of hydrogen-bond acceptors (Lipinski definition) is 7. The summed E-state index contributed by atoms with van der Waals surface area (Å²) in [4.78, 5) is 32.4. The molecule has 27 heavy (non-hydrogen) atoms.